The van der Waals surface area contributed by atoms with Crippen LogP contribution < -0.4 is 0 Å². The van der Waals surface area contributed by atoms with E-state index in [4.69, 9.17) is 4.99 Å². The van der Waals surface area contributed by atoms with Gasteiger partial charge in [-0.25, -0.2) is 4.79 Å². The van der Waals surface area contributed by atoms with Crippen LogP contribution in [0.5, 0.6) is 0 Å². The zero-order valence-corrected chi connectivity index (χ0v) is 13.0. The molecule has 0 heterocycles. The van der Waals surface area contributed by atoms with Gasteiger partial charge in [0.25, 0.3) is 0 Å². The minimum Gasteiger partial charge on any atom is -0.466 e. The van der Waals surface area contributed by atoms with E-state index in [1.807, 2.05) is 24.3 Å². The first-order valence-electron chi connectivity index (χ1n) is 7.44. The highest BCUT2D eigenvalue weighted by Crippen LogP contribution is 2.38. The van der Waals surface area contributed by atoms with Crippen LogP contribution in [-0.2, 0) is 9.53 Å². The molecule has 2 rings (SSSR count). The predicted molar refractivity (Wildman–Crippen MR) is 85.4 cm³/mol. The predicted octanol–water partition coefficient (Wildman–Crippen LogP) is 4.11. The van der Waals surface area contributed by atoms with E-state index >= 15 is 0 Å². The third-order valence-electron chi connectivity index (χ3n) is 4.19. The van der Waals surface area contributed by atoms with Crippen LogP contribution in [0.4, 0.5) is 0 Å². The van der Waals surface area contributed by atoms with Gasteiger partial charge in [0, 0.05) is 17.2 Å². The van der Waals surface area contributed by atoms with E-state index in [9.17, 15) is 4.79 Å². The molecule has 3 nitrogen and oxygen atoms in total. The molecule has 21 heavy (non-hydrogen) atoms. The smallest absolute Gasteiger partial charge is 0.330 e. The highest BCUT2D eigenvalue weighted by atomic mass is 16.5. The van der Waals surface area contributed by atoms with Crippen molar-refractivity contribution in [3.63, 3.8) is 0 Å². The van der Waals surface area contributed by atoms with Crippen molar-refractivity contribution in [1.82, 2.24) is 0 Å². The average Bonchev–Trinajstić information content (AvgIpc) is 2.87. The highest BCUT2D eigenvalue weighted by molar-refractivity contribution is 5.94. The molecule has 0 bridgehead atoms. The molecule has 0 amide bonds. The summed E-state index contributed by atoms with van der Waals surface area (Å²) < 4.78 is 4.68. The van der Waals surface area contributed by atoms with Crippen molar-refractivity contribution in [3.8, 4) is 0 Å². The number of carbonyl (C=O) groups is 1. The number of carbonyl (C=O) groups excluding carboxylic acids is 1. The van der Waals surface area contributed by atoms with Gasteiger partial charge < -0.3 is 4.74 Å². The second kappa shape index (κ2) is 6.70. The molecule has 0 aliphatic heterocycles. The molecule has 1 saturated carbocycles. The second-order valence-corrected chi connectivity index (χ2v) is 5.79. The largest absolute Gasteiger partial charge is 0.466 e. The quantitative estimate of drug-likeness (QED) is 0.617. The van der Waals surface area contributed by atoms with Gasteiger partial charge in [0.2, 0.25) is 0 Å². The fourth-order valence-corrected chi connectivity index (χ4v) is 2.80. The molecular formula is C18H23NO2. The second-order valence-electron chi connectivity index (χ2n) is 5.79. The van der Waals surface area contributed by atoms with Gasteiger partial charge in [-0.3, -0.25) is 4.99 Å². The van der Waals surface area contributed by atoms with Gasteiger partial charge in [-0.2, -0.15) is 0 Å². The summed E-state index contributed by atoms with van der Waals surface area (Å²) in [6.45, 7) is 4.26. The summed E-state index contributed by atoms with van der Waals surface area (Å²) in [6.07, 6.45) is 6.61. The molecule has 1 aliphatic carbocycles. The molecule has 1 aromatic carbocycles. The summed E-state index contributed by atoms with van der Waals surface area (Å²) in [4.78, 5) is 16.2. The highest BCUT2D eigenvalue weighted by Gasteiger charge is 2.33. The van der Waals surface area contributed by atoms with Crippen LogP contribution in [-0.4, -0.2) is 18.8 Å². The summed E-state index contributed by atoms with van der Waals surface area (Å²) in [5.74, 6) is -0.307. The van der Waals surface area contributed by atoms with Crippen molar-refractivity contribution >= 4 is 11.7 Å². The zero-order chi connectivity index (χ0) is 15.3. The SMILES string of the molecule is COC(=O)/C=C/[C@@]1(C)CCCC1=N[C@@H](C)c1ccccc1. The van der Waals surface area contributed by atoms with E-state index in [0.717, 1.165) is 19.3 Å². The van der Waals surface area contributed by atoms with Gasteiger partial charge >= 0.3 is 5.97 Å². The van der Waals surface area contributed by atoms with E-state index < -0.39 is 0 Å². The van der Waals surface area contributed by atoms with E-state index in [0.29, 0.717) is 0 Å². The van der Waals surface area contributed by atoms with Crippen molar-refractivity contribution in [2.75, 3.05) is 7.11 Å². The Labute approximate surface area is 126 Å². The Morgan fingerprint density at radius 1 is 1.38 bits per heavy atom. The summed E-state index contributed by atoms with van der Waals surface area (Å²) in [5.41, 5.74) is 2.27. The number of hydrogen-bond acceptors (Lipinski definition) is 3. The molecule has 1 aromatic rings. The number of benzene rings is 1. The molecule has 0 spiro atoms. The minimum absolute atomic E-state index is 0.128. The molecule has 1 aliphatic rings. The molecule has 3 heteroatoms. The Balaban J connectivity index is 2.19. The topological polar surface area (TPSA) is 38.7 Å². The average molecular weight is 285 g/mol. The van der Waals surface area contributed by atoms with Gasteiger partial charge in [-0.05, 0) is 31.7 Å². The van der Waals surface area contributed by atoms with Crippen LogP contribution in [0.1, 0.15) is 44.7 Å². The maximum Gasteiger partial charge on any atom is 0.330 e. The van der Waals surface area contributed by atoms with Crippen molar-refractivity contribution < 1.29 is 9.53 Å². The lowest BCUT2D eigenvalue weighted by atomic mass is 9.86. The maximum absolute atomic E-state index is 11.3. The van der Waals surface area contributed by atoms with E-state index in [1.165, 1.54) is 24.5 Å². The summed E-state index contributed by atoms with van der Waals surface area (Å²) >= 11 is 0. The Bertz CT molecular complexity index is 548. The number of allylic oxidation sites excluding steroid dienone is 1. The van der Waals surface area contributed by atoms with Gasteiger partial charge in [-0.1, -0.05) is 43.3 Å². The fourth-order valence-electron chi connectivity index (χ4n) is 2.80. The lowest BCUT2D eigenvalue weighted by molar-refractivity contribution is -0.134. The molecule has 1 fully saturated rings. The number of nitrogens with zero attached hydrogens (tertiary/aromatic N) is 1. The zero-order valence-electron chi connectivity index (χ0n) is 13.0. The van der Waals surface area contributed by atoms with Gasteiger partial charge in [0.15, 0.2) is 0 Å². The van der Waals surface area contributed by atoms with Crippen molar-refractivity contribution in [2.45, 2.75) is 39.2 Å². The summed E-state index contributed by atoms with van der Waals surface area (Å²) in [6, 6.07) is 10.4. The molecule has 2 atom stereocenters. The normalized spacial score (nSPS) is 25.4. The van der Waals surface area contributed by atoms with E-state index in [-0.39, 0.29) is 17.4 Å². The van der Waals surface area contributed by atoms with E-state index in [2.05, 4.69) is 30.7 Å². The first-order valence-corrected chi connectivity index (χ1v) is 7.44. The lowest BCUT2D eigenvalue weighted by Crippen LogP contribution is -2.20. The Morgan fingerprint density at radius 3 is 2.76 bits per heavy atom. The van der Waals surface area contributed by atoms with Crippen molar-refractivity contribution in [3.05, 3.63) is 48.0 Å². The molecule has 0 N–H and O–H groups in total. The van der Waals surface area contributed by atoms with Gasteiger partial charge in [0.1, 0.15) is 0 Å². The van der Waals surface area contributed by atoms with E-state index in [1.54, 1.807) is 0 Å². The van der Waals surface area contributed by atoms with Gasteiger partial charge in [-0.15, -0.1) is 0 Å². The lowest BCUT2D eigenvalue weighted by Gasteiger charge is -2.22. The molecule has 0 aromatic heterocycles. The molecule has 0 radical (unpaired) electrons. The molecule has 112 valence electrons. The first-order chi connectivity index (χ1) is 10.0. The van der Waals surface area contributed by atoms with Crippen LogP contribution in [0.25, 0.3) is 0 Å². The third-order valence-corrected chi connectivity index (χ3v) is 4.19. The maximum atomic E-state index is 11.3. The number of aliphatic imine (C=N–C) groups is 1. The van der Waals surface area contributed by atoms with Crippen LogP contribution >= 0.6 is 0 Å². The van der Waals surface area contributed by atoms with Crippen LogP contribution in [0.2, 0.25) is 0 Å². The third kappa shape index (κ3) is 3.81. The van der Waals surface area contributed by atoms with Crippen LogP contribution in [0, 0.1) is 5.41 Å². The van der Waals surface area contributed by atoms with Crippen LogP contribution in [0.3, 0.4) is 0 Å². The number of methoxy groups -OCH3 is 1. The summed E-state index contributed by atoms with van der Waals surface area (Å²) in [7, 11) is 1.40. The molecule has 0 unspecified atom stereocenters. The molecule has 0 saturated heterocycles. The Hall–Kier alpha value is -1.90. The van der Waals surface area contributed by atoms with Gasteiger partial charge in [0.05, 0.1) is 13.2 Å². The van der Waals surface area contributed by atoms with Crippen LogP contribution in [0.15, 0.2) is 47.5 Å². The Kier molecular flexibility index (Phi) is 4.94. The number of rotatable bonds is 4. The minimum atomic E-state index is -0.307. The number of esters is 1. The first kappa shape index (κ1) is 15.5. The van der Waals surface area contributed by atoms with Crippen molar-refractivity contribution in [2.24, 2.45) is 10.4 Å². The summed E-state index contributed by atoms with van der Waals surface area (Å²) in [5, 5.41) is 0. The number of ether oxygens (including phenoxy) is 1. The van der Waals surface area contributed by atoms with Crippen molar-refractivity contribution in [1.29, 1.82) is 0 Å². The standard InChI is InChI=1S/C18H23NO2/c1-14(15-8-5-4-6-9-15)19-16-10-7-12-18(16,2)13-11-17(20)21-3/h4-6,8-9,11,13-14H,7,10,12H2,1-3H3/b13-11+,19-16?/t14-,18+/m0/s1. The number of hydrogen-bond donors (Lipinski definition) is 0. The Morgan fingerprint density at radius 2 is 2.10 bits per heavy atom. The fraction of sp³-hybridized carbons (Fsp3) is 0.444. The molecular weight excluding hydrogens is 262 g/mol. The monoisotopic (exact) mass is 285 g/mol.